The molecule has 1 heterocycles. The van der Waals surface area contributed by atoms with Crippen LogP contribution in [0.15, 0.2) is 29.2 Å². The quantitative estimate of drug-likeness (QED) is 0.840. The van der Waals surface area contributed by atoms with Gasteiger partial charge in [0.15, 0.2) is 0 Å². The molecule has 0 atom stereocenters. The maximum atomic E-state index is 12.6. The molecule has 2 rings (SSSR count). The highest BCUT2D eigenvalue weighted by Crippen LogP contribution is 2.23. The van der Waals surface area contributed by atoms with Gasteiger partial charge in [-0.15, -0.1) is 0 Å². The predicted octanol–water partition coefficient (Wildman–Crippen LogP) is 1.72. The van der Waals surface area contributed by atoms with Gasteiger partial charge in [0, 0.05) is 33.1 Å². The van der Waals surface area contributed by atoms with Gasteiger partial charge in [0.25, 0.3) is 0 Å². The van der Waals surface area contributed by atoms with E-state index in [1.54, 1.807) is 29.2 Å². The fraction of sp³-hybridized carbons (Fsp3) is 0.562. The lowest BCUT2D eigenvalue weighted by Crippen LogP contribution is -2.49. The van der Waals surface area contributed by atoms with Crippen molar-refractivity contribution in [1.82, 2.24) is 9.21 Å². The Kier molecular flexibility index (Phi) is 5.01. The monoisotopic (exact) mass is 340 g/mol. The summed E-state index contributed by atoms with van der Waals surface area (Å²) in [5.41, 5.74) is -0.330. The number of ether oxygens (including phenoxy) is 1. The van der Waals surface area contributed by atoms with E-state index in [1.807, 2.05) is 20.8 Å². The standard InChI is InChI=1S/C16H24N2O4S/c1-13(19)17-9-11-18(12-10-17)23(20,21)15-7-5-14(6-8-15)22-16(2,3)4/h5-8H,9-12H2,1-4H3. The van der Waals surface area contributed by atoms with Gasteiger partial charge in [-0.05, 0) is 45.0 Å². The molecule has 0 unspecified atom stereocenters. The molecule has 0 bridgehead atoms. The molecule has 1 aromatic carbocycles. The van der Waals surface area contributed by atoms with Gasteiger partial charge < -0.3 is 9.64 Å². The molecule has 1 aliphatic rings. The maximum absolute atomic E-state index is 12.6. The van der Waals surface area contributed by atoms with Gasteiger partial charge >= 0.3 is 0 Å². The highest BCUT2D eigenvalue weighted by molar-refractivity contribution is 7.89. The number of sulfonamides is 1. The second-order valence-electron chi connectivity index (χ2n) is 6.60. The highest BCUT2D eigenvalue weighted by Gasteiger charge is 2.29. The number of amides is 1. The molecule has 1 fully saturated rings. The van der Waals surface area contributed by atoms with Crippen molar-refractivity contribution in [3.8, 4) is 5.75 Å². The Bertz CT molecular complexity index is 654. The molecule has 6 nitrogen and oxygen atoms in total. The third-order valence-corrected chi connectivity index (χ3v) is 5.48. The number of benzene rings is 1. The summed E-state index contributed by atoms with van der Waals surface area (Å²) in [6.45, 7) is 8.81. The zero-order valence-corrected chi connectivity index (χ0v) is 14.9. The second kappa shape index (κ2) is 6.49. The van der Waals surface area contributed by atoms with E-state index in [9.17, 15) is 13.2 Å². The van der Waals surface area contributed by atoms with E-state index < -0.39 is 10.0 Å². The first-order chi connectivity index (χ1) is 10.6. The lowest BCUT2D eigenvalue weighted by molar-refractivity contribution is -0.129. The van der Waals surface area contributed by atoms with Crippen LogP contribution in [0.5, 0.6) is 5.75 Å². The fourth-order valence-electron chi connectivity index (χ4n) is 2.43. The van der Waals surface area contributed by atoms with Gasteiger partial charge in [-0.1, -0.05) is 0 Å². The fourth-order valence-corrected chi connectivity index (χ4v) is 3.85. The molecule has 0 spiro atoms. The van der Waals surface area contributed by atoms with Crippen LogP contribution in [-0.4, -0.2) is 55.3 Å². The molecule has 1 amide bonds. The number of piperazine rings is 1. The van der Waals surface area contributed by atoms with Crippen molar-refractivity contribution in [1.29, 1.82) is 0 Å². The van der Waals surface area contributed by atoms with Crippen LogP contribution in [0.1, 0.15) is 27.7 Å². The minimum atomic E-state index is -3.53. The largest absolute Gasteiger partial charge is 0.488 e. The van der Waals surface area contributed by atoms with Gasteiger partial charge in [-0.25, -0.2) is 8.42 Å². The van der Waals surface area contributed by atoms with Gasteiger partial charge in [0.05, 0.1) is 4.90 Å². The van der Waals surface area contributed by atoms with Crippen LogP contribution in [0, 0.1) is 0 Å². The molecule has 1 aliphatic heterocycles. The number of rotatable bonds is 3. The zero-order valence-electron chi connectivity index (χ0n) is 14.1. The summed E-state index contributed by atoms with van der Waals surface area (Å²) in [7, 11) is -3.53. The average molecular weight is 340 g/mol. The highest BCUT2D eigenvalue weighted by atomic mass is 32.2. The molecule has 0 aromatic heterocycles. The van der Waals surface area contributed by atoms with E-state index >= 15 is 0 Å². The molecule has 1 aromatic rings. The summed E-state index contributed by atoms with van der Waals surface area (Å²) in [6.07, 6.45) is 0. The SMILES string of the molecule is CC(=O)N1CCN(S(=O)(=O)c2ccc(OC(C)(C)C)cc2)CC1. The zero-order chi connectivity index (χ0) is 17.3. The van der Waals surface area contributed by atoms with Gasteiger partial charge in [0.1, 0.15) is 11.4 Å². The Morgan fingerprint density at radius 2 is 1.57 bits per heavy atom. The minimum Gasteiger partial charge on any atom is -0.488 e. The number of carbonyl (C=O) groups excluding carboxylic acids is 1. The lowest BCUT2D eigenvalue weighted by Gasteiger charge is -2.33. The van der Waals surface area contributed by atoms with Crippen LogP contribution < -0.4 is 4.74 Å². The Morgan fingerprint density at radius 1 is 1.04 bits per heavy atom. The normalized spacial score (nSPS) is 17.1. The van der Waals surface area contributed by atoms with Crippen molar-refractivity contribution in [3.63, 3.8) is 0 Å². The summed E-state index contributed by atoms with van der Waals surface area (Å²) in [4.78, 5) is 13.2. The lowest BCUT2D eigenvalue weighted by atomic mass is 10.2. The summed E-state index contributed by atoms with van der Waals surface area (Å²) in [5.74, 6) is 0.614. The Labute approximate surface area is 138 Å². The van der Waals surface area contributed by atoms with Crippen LogP contribution in [0.2, 0.25) is 0 Å². The van der Waals surface area contributed by atoms with E-state index in [-0.39, 0.29) is 16.4 Å². The van der Waals surface area contributed by atoms with Crippen molar-refractivity contribution in [2.45, 2.75) is 38.2 Å². The third kappa shape index (κ3) is 4.45. The molecule has 128 valence electrons. The molecule has 0 aliphatic carbocycles. The van der Waals surface area contributed by atoms with E-state index in [1.165, 1.54) is 11.2 Å². The van der Waals surface area contributed by atoms with Crippen molar-refractivity contribution in [3.05, 3.63) is 24.3 Å². The summed E-state index contributed by atoms with van der Waals surface area (Å²) in [6, 6.07) is 6.47. The number of hydrogen-bond donors (Lipinski definition) is 0. The summed E-state index contributed by atoms with van der Waals surface area (Å²) in [5, 5.41) is 0. The molecule has 23 heavy (non-hydrogen) atoms. The van der Waals surface area contributed by atoms with E-state index in [4.69, 9.17) is 4.74 Å². The van der Waals surface area contributed by atoms with Crippen molar-refractivity contribution < 1.29 is 17.9 Å². The second-order valence-corrected chi connectivity index (χ2v) is 8.53. The van der Waals surface area contributed by atoms with E-state index in [2.05, 4.69) is 0 Å². The Hall–Kier alpha value is -1.60. The van der Waals surface area contributed by atoms with Gasteiger partial charge in [-0.2, -0.15) is 4.31 Å². The van der Waals surface area contributed by atoms with Crippen LogP contribution in [0.4, 0.5) is 0 Å². The number of hydrogen-bond acceptors (Lipinski definition) is 4. The van der Waals surface area contributed by atoms with Crippen molar-refractivity contribution >= 4 is 15.9 Å². The number of carbonyl (C=O) groups is 1. The van der Waals surface area contributed by atoms with Crippen LogP contribution in [0.3, 0.4) is 0 Å². The Balaban J connectivity index is 2.10. The minimum absolute atomic E-state index is 0.0225. The molecule has 0 N–H and O–H groups in total. The van der Waals surface area contributed by atoms with Crippen LogP contribution in [-0.2, 0) is 14.8 Å². The van der Waals surface area contributed by atoms with Crippen LogP contribution in [0.25, 0.3) is 0 Å². The molecule has 0 saturated carbocycles. The predicted molar refractivity (Wildman–Crippen MR) is 87.8 cm³/mol. The molecule has 7 heteroatoms. The Morgan fingerprint density at radius 3 is 2.00 bits per heavy atom. The summed E-state index contributed by atoms with van der Waals surface area (Å²) >= 11 is 0. The first kappa shape index (κ1) is 17.7. The molecular formula is C16H24N2O4S. The van der Waals surface area contributed by atoms with Crippen LogP contribution >= 0.6 is 0 Å². The molecule has 1 saturated heterocycles. The van der Waals surface area contributed by atoms with E-state index in [0.717, 1.165) is 0 Å². The van der Waals surface area contributed by atoms with Gasteiger partial charge in [0.2, 0.25) is 15.9 Å². The maximum Gasteiger partial charge on any atom is 0.243 e. The average Bonchev–Trinajstić information content (AvgIpc) is 2.46. The van der Waals surface area contributed by atoms with Crippen molar-refractivity contribution in [2.75, 3.05) is 26.2 Å². The number of nitrogens with zero attached hydrogens (tertiary/aromatic N) is 2. The third-order valence-electron chi connectivity index (χ3n) is 3.57. The molecule has 0 radical (unpaired) electrons. The first-order valence-electron chi connectivity index (χ1n) is 7.64. The summed E-state index contributed by atoms with van der Waals surface area (Å²) < 4.78 is 32.4. The first-order valence-corrected chi connectivity index (χ1v) is 9.08. The topological polar surface area (TPSA) is 66.9 Å². The van der Waals surface area contributed by atoms with E-state index in [0.29, 0.717) is 31.9 Å². The van der Waals surface area contributed by atoms with Crippen molar-refractivity contribution in [2.24, 2.45) is 0 Å². The smallest absolute Gasteiger partial charge is 0.243 e. The molecular weight excluding hydrogens is 316 g/mol. The van der Waals surface area contributed by atoms with Gasteiger partial charge in [-0.3, -0.25) is 4.79 Å².